The van der Waals surface area contributed by atoms with Crippen LogP contribution < -0.4 is 0 Å². The molecule has 1 aliphatic rings. The lowest BCUT2D eigenvalue weighted by Gasteiger charge is -2.15. The molecule has 1 aliphatic carbocycles. The van der Waals surface area contributed by atoms with Crippen LogP contribution in [0.5, 0.6) is 5.75 Å². The summed E-state index contributed by atoms with van der Waals surface area (Å²) in [6.45, 7) is 1.85. The zero-order valence-electron chi connectivity index (χ0n) is 8.65. The largest absolute Gasteiger partial charge is 0.507 e. The van der Waals surface area contributed by atoms with Crippen LogP contribution in [0.4, 0.5) is 0 Å². The van der Waals surface area contributed by atoms with Gasteiger partial charge in [0, 0.05) is 11.6 Å². The lowest BCUT2D eigenvalue weighted by atomic mass is 9.91. The second-order valence-corrected chi connectivity index (χ2v) is 3.57. The van der Waals surface area contributed by atoms with Crippen molar-refractivity contribution < 1.29 is 19.8 Å². The lowest BCUT2D eigenvalue weighted by molar-refractivity contribution is -0.111. The van der Waals surface area contributed by atoms with Crippen LogP contribution in [-0.2, 0) is 11.2 Å². The van der Waals surface area contributed by atoms with E-state index in [9.17, 15) is 19.8 Å². The number of carbonyl (C=O) groups excluding carboxylic acids is 2. The Bertz CT molecular complexity index is 526. The maximum absolute atomic E-state index is 11.5. The van der Waals surface area contributed by atoms with Crippen LogP contribution in [0.25, 0.3) is 5.76 Å². The van der Waals surface area contributed by atoms with Crippen molar-refractivity contribution in [2.45, 2.75) is 13.3 Å². The number of carbonyl (C=O) groups is 2. The van der Waals surface area contributed by atoms with Crippen molar-refractivity contribution in [3.05, 3.63) is 34.9 Å². The van der Waals surface area contributed by atoms with E-state index in [-0.39, 0.29) is 22.6 Å². The van der Waals surface area contributed by atoms with Gasteiger partial charge < -0.3 is 10.2 Å². The zero-order valence-corrected chi connectivity index (χ0v) is 8.65. The number of hydrogen-bond acceptors (Lipinski definition) is 4. The maximum atomic E-state index is 11.5. The zero-order chi connectivity index (χ0) is 11.9. The summed E-state index contributed by atoms with van der Waals surface area (Å²) in [6, 6.07) is 3.04. The predicted molar refractivity (Wildman–Crippen MR) is 57.4 cm³/mol. The number of aliphatic hydroxyl groups is 1. The lowest BCUT2D eigenvalue weighted by Crippen LogP contribution is -2.19. The van der Waals surface area contributed by atoms with Gasteiger partial charge in [0.1, 0.15) is 11.5 Å². The number of phenols is 1. The molecule has 1 aromatic carbocycles. The van der Waals surface area contributed by atoms with Gasteiger partial charge in [-0.1, -0.05) is 13.0 Å². The first-order valence-electron chi connectivity index (χ1n) is 4.90. The molecule has 0 saturated carbocycles. The van der Waals surface area contributed by atoms with Crippen molar-refractivity contribution in [2.75, 3.05) is 0 Å². The number of rotatable bonds is 1. The van der Waals surface area contributed by atoms with E-state index in [0.29, 0.717) is 12.0 Å². The fourth-order valence-electron chi connectivity index (χ4n) is 1.76. The highest BCUT2D eigenvalue weighted by atomic mass is 16.3. The average Bonchev–Trinajstić information content (AvgIpc) is 2.25. The third-order valence-electron chi connectivity index (χ3n) is 2.63. The first-order valence-corrected chi connectivity index (χ1v) is 4.90. The highest BCUT2D eigenvalue weighted by Gasteiger charge is 2.28. The molecule has 4 nitrogen and oxygen atoms in total. The van der Waals surface area contributed by atoms with Crippen LogP contribution in [0.15, 0.2) is 18.2 Å². The molecule has 82 valence electrons. The van der Waals surface area contributed by atoms with Crippen LogP contribution in [0, 0.1) is 0 Å². The van der Waals surface area contributed by atoms with Crippen molar-refractivity contribution in [2.24, 2.45) is 0 Å². The Morgan fingerprint density at radius 3 is 2.50 bits per heavy atom. The number of aliphatic hydroxyl groups excluding tert-OH is 1. The predicted octanol–water partition coefficient (Wildman–Crippen LogP) is 1.62. The summed E-state index contributed by atoms with van der Waals surface area (Å²) < 4.78 is 0. The summed E-state index contributed by atoms with van der Waals surface area (Å²) in [4.78, 5) is 22.7. The van der Waals surface area contributed by atoms with Gasteiger partial charge >= 0.3 is 0 Å². The van der Waals surface area contributed by atoms with Gasteiger partial charge in [0.05, 0.1) is 5.56 Å². The normalized spacial score (nSPS) is 14.7. The number of Topliss-reactive ketones (excluding diaryl/α,β-unsaturated/α-hetero) is 1. The molecular formula is C12H10O4. The number of hydrogen-bond donors (Lipinski definition) is 2. The molecule has 16 heavy (non-hydrogen) atoms. The van der Waals surface area contributed by atoms with Crippen molar-refractivity contribution in [1.82, 2.24) is 0 Å². The van der Waals surface area contributed by atoms with E-state index < -0.39 is 11.6 Å². The summed E-state index contributed by atoms with van der Waals surface area (Å²) in [5.41, 5.74) is 0.740. The minimum atomic E-state index is -0.770. The molecule has 0 bridgehead atoms. The number of fused-ring (bicyclic) bond motifs is 1. The molecule has 0 saturated heterocycles. The van der Waals surface area contributed by atoms with Crippen LogP contribution in [0.2, 0.25) is 0 Å². The van der Waals surface area contributed by atoms with Crippen molar-refractivity contribution in [3.63, 3.8) is 0 Å². The van der Waals surface area contributed by atoms with Gasteiger partial charge in [-0.3, -0.25) is 9.59 Å². The summed E-state index contributed by atoms with van der Waals surface area (Å²) in [5, 5.41) is 19.4. The number of benzene rings is 1. The molecule has 0 radical (unpaired) electrons. The van der Waals surface area contributed by atoms with Gasteiger partial charge in [-0.15, -0.1) is 0 Å². The number of aryl methyl sites for hydroxylation is 1. The number of aromatic hydroxyl groups is 1. The Morgan fingerprint density at radius 1 is 1.19 bits per heavy atom. The molecule has 2 N–H and O–H groups in total. The summed E-state index contributed by atoms with van der Waals surface area (Å²) in [6.07, 6.45) is 1.42. The van der Waals surface area contributed by atoms with Crippen molar-refractivity contribution in [1.29, 1.82) is 0 Å². The van der Waals surface area contributed by atoms with E-state index in [1.807, 2.05) is 6.92 Å². The molecule has 0 aromatic heterocycles. The fourth-order valence-corrected chi connectivity index (χ4v) is 1.76. The van der Waals surface area contributed by atoms with Gasteiger partial charge in [-0.2, -0.15) is 0 Å². The molecule has 0 heterocycles. The maximum Gasteiger partial charge on any atom is 0.233 e. The molecule has 4 heteroatoms. The Labute approximate surface area is 91.8 Å². The van der Waals surface area contributed by atoms with Gasteiger partial charge in [0.15, 0.2) is 0 Å². The smallest absolute Gasteiger partial charge is 0.233 e. The topological polar surface area (TPSA) is 74.6 Å². The summed E-state index contributed by atoms with van der Waals surface area (Å²) in [5.74, 6) is -1.96. The molecule has 0 unspecified atom stereocenters. The number of ketones is 2. The third-order valence-corrected chi connectivity index (χ3v) is 2.63. The highest BCUT2D eigenvalue weighted by Crippen LogP contribution is 2.34. The Kier molecular flexibility index (Phi) is 2.27. The van der Waals surface area contributed by atoms with E-state index in [2.05, 4.69) is 0 Å². The van der Waals surface area contributed by atoms with Crippen LogP contribution in [-0.4, -0.2) is 21.8 Å². The Morgan fingerprint density at radius 2 is 1.88 bits per heavy atom. The second kappa shape index (κ2) is 3.48. The Balaban J connectivity index is 2.75. The molecule has 0 amide bonds. The second-order valence-electron chi connectivity index (χ2n) is 3.57. The molecule has 0 fully saturated rings. The molecule has 2 rings (SSSR count). The molecule has 0 atom stereocenters. The quantitative estimate of drug-likeness (QED) is 0.702. The van der Waals surface area contributed by atoms with E-state index in [4.69, 9.17) is 0 Å². The van der Waals surface area contributed by atoms with E-state index in [0.717, 1.165) is 6.08 Å². The minimum absolute atomic E-state index is 0.0553. The van der Waals surface area contributed by atoms with Gasteiger partial charge in [0.25, 0.3) is 0 Å². The standard InChI is InChI=1S/C12H10O4/c1-2-6-3-4-7-10(11(6)15)8(13)5-9(14)12(7)16/h3-5,13,15H,2H2,1H3. The fraction of sp³-hybridized carbons (Fsp3) is 0.167. The summed E-state index contributed by atoms with van der Waals surface area (Å²) in [7, 11) is 0. The van der Waals surface area contributed by atoms with E-state index in [1.165, 1.54) is 6.07 Å². The number of allylic oxidation sites excluding steroid dienone is 1. The van der Waals surface area contributed by atoms with E-state index in [1.54, 1.807) is 6.07 Å². The van der Waals surface area contributed by atoms with Crippen LogP contribution in [0.1, 0.15) is 28.4 Å². The van der Waals surface area contributed by atoms with Gasteiger partial charge in [-0.25, -0.2) is 0 Å². The number of phenolic OH excluding ortho intramolecular Hbond substituents is 1. The Hall–Kier alpha value is -2.10. The van der Waals surface area contributed by atoms with Gasteiger partial charge in [0.2, 0.25) is 11.6 Å². The molecular weight excluding hydrogens is 208 g/mol. The monoisotopic (exact) mass is 218 g/mol. The first-order chi connectivity index (χ1) is 7.56. The van der Waals surface area contributed by atoms with E-state index >= 15 is 0 Å². The molecule has 0 aliphatic heterocycles. The SMILES string of the molecule is CCc1ccc2c(c1O)C(O)=CC(=O)C2=O. The van der Waals surface area contributed by atoms with Gasteiger partial charge in [-0.05, 0) is 18.1 Å². The van der Waals surface area contributed by atoms with Crippen molar-refractivity contribution >= 4 is 17.3 Å². The van der Waals surface area contributed by atoms with Crippen LogP contribution in [0.3, 0.4) is 0 Å². The summed E-state index contributed by atoms with van der Waals surface area (Å²) >= 11 is 0. The van der Waals surface area contributed by atoms with Crippen molar-refractivity contribution in [3.8, 4) is 5.75 Å². The van der Waals surface area contributed by atoms with Crippen LogP contribution >= 0.6 is 0 Å². The first kappa shape index (κ1) is 10.4. The molecule has 1 aromatic rings. The minimum Gasteiger partial charge on any atom is -0.507 e. The molecule has 0 spiro atoms. The third kappa shape index (κ3) is 1.31. The highest BCUT2D eigenvalue weighted by molar-refractivity contribution is 6.50. The average molecular weight is 218 g/mol.